The molecule has 9 heteroatoms. The first-order valence-electron chi connectivity index (χ1n) is 8.57. The Morgan fingerprint density at radius 3 is 2.36 bits per heavy atom. The fraction of sp³-hybridized carbons (Fsp3) is 0.263. The van der Waals surface area contributed by atoms with Crippen LogP contribution in [0.25, 0.3) is 11.1 Å². The van der Waals surface area contributed by atoms with Crippen LogP contribution < -0.4 is 15.8 Å². The van der Waals surface area contributed by atoms with Gasteiger partial charge in [0.1, 0.15) is 6.54 Å². The molecule has 0 saturated heterocycles. The van der Waals surface area contributed by atoms with E-state index in [4.69, 9.17) is 4.42 Å². The van der Waals surface area contributed by atoms with Gasteiger partial charge in [-0.25, -0.2) is 17.9 Å². The topological polar surface area (TPSA) is 110 Å². The lowest BCUT2D eigenvalue weighted by Gasteiger charge is -2.20. The van der Waals surface area contributed by atoms with Crippen molar-refractivity contribution in [1.29, 1.82) is 0 Å². The van der Waals surface area contributed by atoms with Crippen LogP contribution in [0.1, 0.15) is 20.8 Å². The average Bonchev–Trinajstić information content (AvgIpc) is 2.89. The molecular formula is C19H21N3O5S. The summed E-state index contributed by atoms with van der Waals surface area (Å²) in [7, 11) is -3.65. The van der Waals surface area contributed by atoms with Gasteiger partial charge in [0.15, 0.2) is 5.58 Å². The van der Waals surface area contributed by atoms with E-state index in [9.17, 15) is 18.0 Å². The Morgan fingerprint density at radius 1 is 1.07 bits per heavy atom. The van der Waals surface area contributed by atoms with Crippen LogP contribution in [0.3, 0.4) is 0 Å². The summed E-state index contributed by atoms with van der Waals surface area (Å²) < 4.78 is 33.5. The molecule has 2 N–H and O–H groups in total. The van der Waals surface area contributed by atoms with Crippen molar-refractivity contribution >= 4 is 32.7 Å². The quantitative estimate of drug-likeness (QED) is 0.679. The van der Waals surface area contributed by atoms with E-state index in [0.29, 0.717) is 16.8 Å². The van der Waals surface area contributed by atoms with Crippen molar-refractivity contribution in [3.8, 4) is 0 Å². The maximum absolute atomic E-state index is 12.3. The molecular weight excluding hydrogens is 382 g/mol. The van der Waals surface area contributed by atoms with Gasteiger partial charge in [0.05, 0.1) is 10.4 Å². The van der Waals surface area contributed by atoms with Gasteiger partial charge in [0.25, 0.3) is 0 Å². The fourth-order valence-electron chi connectivity index (χ4n) is 2.69. The highest BCUT2D eigenvalue weighted by Gasteiger charge is 2.22. The van der Waals surface area contributed by atoms with E-state index in [1.165, 1.54) is 28.8 Å². The molecule has 0 atom stereocenters. The van der Waals surface area contributed by atoms with E-state index in [1.807, 2.05) is 0 Å². The summed E-state index contributed by atoms with van der Waals surface area (Å²) in [5.74, 6) is -1.05. The van der Waals surface area contributed by atoms with Gasteiger partial charge in [-0.2, -0.15) is 0 Å². The zero-order valence-corrected chi connectivity index (χ0v) is 16.5. The Balaban J connectivity index is 1.73. The summed E-state index contributed by atoms with van der Waals surface area (Å²) in [4.78, 5) is 24.3. The number of fused-ring (bicyclic) bond motifs is 1. The van der Waals surface area contributed by atoms with Gasteiger partial charge < -0.3 is 9.73 Å². The van der Waals surface area contributed by atoms with E-state index in [2.05, 4.69) is 10.0 Å². The summed E-state index contributed by atoms with van der Waals surface area (Å²) in [6, 6.07) is 12.6. The summed E-state index contributed by atoms with van der Waals surface area (Å²) in [6.45, 7) is 5.03. The summed E-state index contributed by atoms with van der Waals surface area (Å²) in [5.41, 5.74) is 0.742. The predicted octanol–water partition coefficient (Wildman–Crippen LogP) is 2.31. The number of oxazole rings is 1. The normalized spacial score (nSPS) is 12.2. The monoisotopic (exact) mass is 403 g/mol. The molecule has 0 aliphatic heterocycles. The first kappa shape index (κ1) is 19.8. The largest absolute Gasteiger partial charge is 0.420 e. The molecule has 28 heavy (non-hydrogen) atoms. The maximum atomic E-state index is 12.3. The smallest absolute Gasteiger partial charge is 0.408 e. The third-order valence-corrected chi connectivity index (χ3v) is 5.54. The molecule has 148 valence electrons. The Labute approximate surface area is 162 Å². The van der Waals surface area contributed by atoms with Crippen molar-refractivity contribution in [2.24, 2.45) is 0 Å². The van der Waals surface area contributed by atoms with E-state index < -0.39 is 27.2 Å². The molecule has 3 rings (SSSR count). The molecule has 8 nitrogen and oxygen atoms in total. The van der Waals surface area contributed by atoms with E-state index in [-0.39, 0.29) is 11.4 Å². The van der Waals surface area contributed by atoms with Gasteiger partial charge in [0, 0.05) is 11.2 Å². The second-order valence-corrected chi connectivity index (χ2v) is 9.03. The number of hydrogen-bond acceptors (Lipinski definition) is 5. The highest BCUT2D eigenvalue weighted by molar-refractivity contribution is 7.89. The van der Waals surface area contributed by atoms with Crippen LogP contribution in [-0.4, -0.2) is 24.4 Å². The molecule has 0 aliphatic carbocycles. The van der Waals surface area contributed by atoms with Crippen LogP contribution in [0.15, 0.2) is 62.6 Å². The minimum Gasteiger partial charge on any atom is -0.408 e. The van der Waals surface area contributed by atoms with Crippen LogP contribution in [0.4, 0.5) is 5.69 Å². The SMILES string of the molecule is CC(C)(C)NS(=O)(=O)c1ccc(NC(=O)Cn2c(=O)oc3ccccc32)cc1. The number of carbonyl (C=O) groups excluding carboxylic acids is 1. The van der Waals surface area contributed by atoms with Crippen LogP contribution in [0, 0.1) is 0 Å². The highest BCUT2D eigenvalue weighted by atomic mass is 32.2. The molecule has 1 heterocycles. The fourth-order valence-corrected chi connectivity index (χ4v) is 4.11. The Kier molecular flexibility index (Phi) is 5.14. The molecule has 1 aromatic heterocycles. The molecule has 2 aromatic carbocycles. The number of nitrogens with one attached hydrogen (secondary N) is 2. The minimum atomic E-state index is -3.65. The zero-order chi connectivity index (χ0) is 20.5. The van der Waals surface area contributed by atoms with Crippen molar-refractivity contribution in [2.45, 2.75) is 37.8 Å². The number of nitrogens with zero attached hydrogens (tertiary/aromatic N) is 1. The third kappa shape index (κ3) is 4.49. The molecule has 0 fully saturated rings. The van der Waals surface area contributed by atoms with Crippen LogP contribution in [0.5, 0.6) is 0 Å². The standard InChI is InChI=1S/C19H21N3O5S/c1-19(2,3)21-28(25,26)14-10-8-13(9-11-14)20-17(23)12-22-15-6-4-5-7-16(15)27-18(22)24/h4-11,21H,12H2,1-3H3,(H,20,23). The number of aromatic nitrogens is 1. The Morgan fingerprint density at radius 2 is 1.71 bits per heavy atom. The number of carbonyl (C=O) groups is 1. The second kappa shape index (κ2) is 7.25. The Hall–Kier alpha value is -2.91. The molecule has 0 aliphatic rings. The summed E-state index contributed by atoms with van der Waals surface area (Å²) >= 11 is 0. The van der Waals surface area contributed by atoms with Gasteiger partial charge >= 0.3 is 5.76 Å². The number of anilines is 1. The zero-order valence-electron chi connectivity index (χ0n) is 15.7. The number of hydrogen-bond donors (Lipinski definition) is 2. The van der Waals surface area contributed by atoms with Crippen LogP contribution in [0.2, 0.25) is 0 Å². The van der Waals surface area contributed by atoms with Crippen molar-refractivity contribution in [2.75, 3.05) is 5.32 Å². The number of benzene rings is 2. The van der Waals surface area contributed by atoms with Crippen molar-refractivity contribution in [1.82, 2.24) is 9.29 Å². The Bertz CT molecular complexity index is 1170. The lowest BCUT2D eigenvalue weighted by Crippen LogP contribution is -2.40. The van der Waals surface area contributed by atoms with Gasteiger partial charge in [-0.15, -0.1) is 0 Å². The van der Waals surface area contributed by atoms with E-state index >= 15 is 0 Å². The average molecular weight is 403 g/mol. The van der Waals surface area contributed by atoms with Crippen LogP contribution >= 0.6 is 0 Å². The third-order valence-electron chi connectivity index (χ3n) is 3.76. The predicted molar refractivity (Wildman–Crippen MR) is 106 cm³/mol. The van der Waals surface area contributed by atoms with Gasteiger partial charge in [-0.05, 0) is 57.2 Å². The van der Waals surface area contributed by atoms with Gasteiger partial charge in [-0.1, -0.05) is 12.1 Å². The van der Waals surface area contributed by atoms with Gasteiger partial charge in [0.2, 0.25) is 15.9 Å². The first-order valence-corrected chi connectivity index (χ1v) is 10.1. The van der Waals surface area contributed by atoms with Crippen molar-refractivity contribution in [3.63, 3.8) is 0 Å². The summed E-state index contributed by atoms with van der Waals surface area (Å²) in [6.07, 6.45) is 0. The molecule has 0 saturated carbocycles. The highest BCUT2D eigenvalue weighted by Crippen LogP contribution is 2.17. The minimum absolute atomic E-state index is 0.0949. The number of rotatable bonds is 5. The number of sulfonamides is 1. The van der Waals surface area contributed by atoms with Crippen LogP contribution in [-0.2, 0) is 21.4 Å². The molecule has 0 bridgehead atoms. The molecule has 1 amide bonds. The first-order chi connectivity index (χ1) is 13.0. The van der Waals surface area contributed by atoms with E-state index in [1.54, 1.807) is 45.0 Å². The number of amides is 1. The van der Waals surface area contributed by atoms with E-state index in [0.717, 1.165) is 0 Å². The lowest BCUT2D eigenvalue weighted by atomic mass is 10.1. The molecule has 0 unspecified atom stereocenters. The van der Waals surface area contributed by atoms with Crippen molar-refractivity contribution in [3.05, 3.63) is 59.1 Å². The van der Waals surface area contributed by atoms with Crippen molar-refractivity contribution < 1.29 is 17.6 Å². The summed E-state index contributed by atoms with van der Waals surface area (Å²) in [5, 5.41) is 2.64. The number of para-hydroxylation sites is 2. The lowest BCUT2D eigenvalue weighted by molar-refractivity contribution is -0.116. The molecule has 0 radical (unpaired) electrons. The second-order valence-electron chi connectivity index (χ2n) is 7.35. The molecule has 0 spiro atoms. The van der Waals surface area contributed by atoms with Gasteiger partial charge in [-0.3, -0.25) is 9.36 Å². The molecule has 3 aromatic rings. The maximum Gasteiger partial charge on any atom is 0.420 e.